The standard InChI is InChI=1S/C11H10F3N3OS2/c1-6(9(18)15-4-11(12,13)14)20-10-8-7(2-3-19-8)16-5-17-10/h2-3,5-6H,4H2,1H3,(H,15,18). The molecule has 2 rings (SSSR count). The molecule has 4 nitrogen and oxygen atoms in total. The Hall–Kier alpha value is -1.35. The van der Waals surface area contributed by atoms with Crippen molar-refractivity contribution in [2.24, 2.45) is 0 Å². The number of nitrogens with zero attached hydrogens (tertiary/aromatic N) is 2. The lowest BCUT2D eigenvalue weighted by molar-refractivity contribution is -0.137. The quantitative estimate of drug-likeness (QED) is 0.695. The van der Waals surface area contributed by atoms with Crippen LogP contribution in [0.4, 0.5) is 13.2 Å². The highest BCUT2D eigenvalue weighted by Crippen LogP contribution is 2.31. The molecule has 0 fully saturated rings. The average Bonchev–Trinajstić information content (AvgIpc) is 2.84. The average molecular weight is 321 g/mol. The molecule has 1 unspecified atom stereocenters. The molecule has 2 aromatic rings. The predicted octanol–water partition coefficient (Wildman–Crippen LogP) is 2.85. The molecular weight excluding hydrogens is 311 g/mol. The summed E-state index contributed by atoms with van der Waals surface area (Å²) < 4.78 is 36.9. The Balaban J connectivity index is 2.02. The van der Waals surface area contributed by atoms with Crippen molar-refractivity contribution in [1.29, 1.82) is 0 Å². The molecule has 0 spiro atoms. The monoisotopic (exact) mass is 321 g/mol. The van der Waals surface area contributed by atoms with Crippen molar-refractivity contribution < 1.29 is 18.0 Å². The van der Waals surface area contributed by atoms with E-state index in [1.54, 1.807) is 0 Å². The van der Waals surface area contributed by atoms with E-state index in [1.807, 2.05) is 16.8 Å². The molecule has 1 atom stereocenters. The van der Waals surface area contributed by atoms with E-state index in [0.717, 1.165) is 22.0 Å². The number of nitrogens with one attached hydrogen (secondary N) is 1. The zero-order valence-corrected chi connectivity index (χ0v) is 11.9. The summed E-state index contributed by atoms with van der Waals surface area (Å²) in [5.74, 6) is -0.671. The summed E-state index contributed by atoms with van der Waals surface area (Å²) in [5, 5.41) is 3.63. The molecule has 0 aliphatic heterocycles. The molecule has 0 saturated heterocycles. The van der Waals surface area contributed by atoms with E-state index in [0.29, 0.717) is 5.03 Å². The number of carbonyl (C=O) groups excluding carboxylic acids is 1. The van der Waals surface area contributed by atoms with E-state index in [1.165, 1.54) is 24.6 Å². The van der Waals surface area contributed by atoms with Crippen molar-refractivity contribution in [2.75, 3.05) is 6.54 Å². The largest absolute Gasteiger partial charge is 0.405 e. The van der Waals surface area contributed by atoms with E-state index in [2.05, 4.69) is 9.97 Å². The van der Waals surface area contributed by atoms with Crippen LogP contribution in [-0.2, 0) is 4.79 Å². The summed E-state index contributed by atoms with van der Waals surface area (Å²) >= 11 is 2.54. The van der Waals surface area contributed by atoms with Gasteiger partial charge in [-0.05, 0) is 18.4 Å². The molecule has 108 valence electrons. The molecule has 9 heteroatoms. The van der Waals surface area contributed by atoms with Gasteiger partial charge < -0.3 is 5.32 Å². The maximum Gasteiger partial charge on any atom is 0.405 e. The van der Waals surface area contributed by atoms with Gasteiger partial charge in [-0.15, -0.1) is 11.3 Å². The van der Waals surface area contributed by atoms with E-state index < -0.39 is 23.9 Å². The normalized spacial score (nSPS) is 13.4. The highest BCUT2D eigenvalue weighted by atomic mass is 32.2. The molecule has 1 amide bonds. The molecule has 0 bridgehead atoms. The van der Waals surface area contributed by atoms with Crippen LogP contribution in [0.5, 0.6) is 0 Å². The Labute approximate surface area is 120 Å². The lowest BCUT2D eigenvalue weighted by Crippen LogP contribution is -2.38. The topological polar surface area (TPSA) is 54.9 Å². The van der Waals surface area contributed by atoms with Gasteiger partial charge in [0.15, 0.2) is 0 Å². The molecular formula is C11H10F3N3OS2. The second kappa shape index (κ2) is 5.96. The van der Waals surface area contributed by atoms with Crippen LogP contribution in [0.3, 0.4) is 0 Å². The highest BCUT2D eigenvalue weighted by molar-refractivity contribution is 8.00. The maximum atomic E-state index is 12.0. The first-order valence-electron chi connectivity index (χ1n) is 5.56. The van der Waals surface area contributed by atoms with Crippen LogP contribution < -0.4 is 5.32 Å². The molecule has 2 heterocycles. The Morgan fingerprint density at radius 2 is 2.25 bits per heavy atom. The minimum Gasteiger partial charge on any atom is -0.346 e. The van der Waals surface area contributed by atoms with Crippen molar-refractivity contribution in [2.45, 2.75) is 23.4 Å². The first-order valence-corrected chi connectivity index (χ1v) is 7.32. The fourth-order valence-electron chi connectivity index (χ4n) is 1.40. The second-order valence-electron chi connectivity index (χ2n) is 3.91. The van der Waals surface area contributed by atoms with E-state index in [9.17, 15) is 18.0 Å². The van der Waals surface area contributed by atoms with Crippen LogP contribution in [-0.4, -0.2) is 33.8 Å². The van der Waals surface area contributed by atoms with Crippen LogP contribution in [0.15, 0.2) is 22.8 Å². The molecule has 0 radical (unpaired) electrons. The number of aromatic nitrogens is 2. The van der Waals surface area contributed by atoms with Crippen molar-refractivity contribution in [3.63, 3.8) is 0 Å². The van der Waals surface area contributed by atoms with Gasteiger partial charge in [-0.2, -0.15) is 13.2 Å². The zero-order valence-electron chi connectivity index (χ0n) is 10.3. The van der Waals surface area contributed by atoms with Crippen molar-refractivity contribution in [3.05, 3.63) is 17.8 Å². The van der Waals surface area contributed by atoms with Gasteiger partial charge in [0.25, 0.3) is 0 Å². The summed E-state index contributed by atoms with van der Waals surface area (Å²) in [6, 6.07) is 1.82. The molecule has 0 saturated carbocycles. The maximum absolute atomic E-state index is 12.0. The Bertz CT molecular complexity index is 614. The minimum absolute atomic E-state index is 0.597. The van der Waals surface area contributed by atoms with Crippen LogP contribution in [0.25, 0.3) is 10.2 Å². The summed E-state index contributed by atoms with van der Waals surface area (Å²) in [4.78, 5) is 19.7. The van der Waals surface area contributed by atoms with Crippen LogP contribution in [0.2, 0.25) is 0 Å². The number of thiophene rings is 1. The molecule has 0 aliphatic carbocycles. The van der Waals surface area contributed by atoms with E-state index in [-0.39, 0.29) is 0 Å². The SMILES string of the molecule is CC(Sc1ncnc2ccsc12)C(=O)NCC(F)(F)F. The third kappa shape index (κ3) is 3.83. The van der Waals surface area contributed by atoms with Crippen molar-refractivity contribution in [3.8, 4) is 0 Å². The Morgan fingerprint density at radius 3 is 2.95 bits per heavy atom. The summed E-state index contributed by atoms with van der Waals surface area (Å²) in [7, 11) is 0. The number of rotatable bonds is 4. The molecule has 0 aromatic carbocycles. The Morgan fingerprint density at radius 1 is 1.50 bits per heavy atom. The lowest BCUT2D eigenvalue weighted by Gasteiger charge is -2.13. The number of hydrogen-bond acceptors (Lipinski definition) is 5. The first kappa shape index (κ1) is 15.0. The summed E-state index contributed by atoms with van der Waals surface area (Å²) in [5.41, 5.74) is 0.760. The number of alkyl halides is 3. The highest BCUT2D eigenvalue weighted by Gasteiger charge is 2.29. The van der Waals surface area contributed by atoms with Gasteiger partial charge in [-0.25, -0.2) is 9.97 Å². The van der Waals surface area contributed by atoms with E-state index in [4.69, 9.17) is 0 Å². The molecule has 1 N–H and O–H groups in total. The van der Waals surface area contributed by atoms with Crippen molar-refractivity contribution in [1.82, 2.24) is 15.3 Å². The zero-order chi connectivity index (χ0) is 14.8. The summed E-state index contributed by atoms with van der Waals surface area (Å²) in [6.45, 7) is 0.215. The molecule has 20 heavy (non-hydrogen) atoms. The van der Waals surface area contributed by atoms with Gasteiger partial charge in [0.1, 0.15) is 17.9 Å². The third-order valence-electron chi connectivity index (χ3n) is 2.33. The lowest BCUT2D eigenvalue weighted by atomic mass is 10.4. The molecule has 0 aliphatic rings. The van der Waals surface area contributed by atoms with Crippen LogP contribution >= 0.6 is 23.1 Å². The number of thioether (sulfide) groups is 1. The smallest absolute Gasteiger partial charge is 0.346 e. The number of fused-ring (bicyclic) bond motifs is 1. The van der Waals surface area contributed by atoms with Gasteiger partial charge in [-0.1, -0.05) is 11.8 Å². The van der Waals surface area contributed by atoms with Gasteiger partial charge in [0.2, 0.25) is 5.91 Å². The summed E-state index contributed by atoms with van der Waals surface area (Å²) in [6.07, 6.45) is -3.03. The van der Waals surface area contributed by atoms with Gasteiger partial charge in [-0.3, -0.25) is 4.79 Å². The predicted molar refractivity (Wildman–Crippen MR) is 71.8 cm³/mol. The fourth-order valence-corrected chi connectivity index (χ4v) is 3.26. The second-order valence-corrected chi connectivity index (χ2v) is 6.15. The number of hydrogen-bond donors (Lipinski definition) is 1. The van der Waals surface area contributed by atoms with Crippen LogP contribution in [0, 0.1) is 0 Å². The number of amides is 1. The Kier molecular flexibility index (Phi) is 4.48. The number of halogens is 3. The van der Waals surface area contributed by atoms with Gasteiger partial charge >= 0.3 is 6.18 Å². The minimum atomic E-state index is -4.41. The van der Waals surface area contributed by atoms with Gasteiger partial charge in [0, 0.05) is 0 Å². The number of carbonyl (C=O) groups is 1. The molecule has 2 aromatic heterocycles. The van der Waals surface area contributed by atoms with Crippen molar-refractivity contribution >= 4 is 39.2 Å². The third-order valence-corrected chi connectivity index (χ3v) is 4.47. The fraction of sp³-hybridized carbons (Fsp3) is 0.364. The van der Waals surface area contributed by atoms with Crippen LogP contribution in [0.1, 0.15) is 6.92 Å². The van der Waals surface area contributed by atoms with Gasteiger partial charge in [0.05, 0.1) is 15.5 Å². The first-order chi connectivity index (χ1) is 9.37. The van der Waals surface area contributed by atoms with E-state index >= 15 is 0 Å².